The molecule has 2 aliphatic rings. The van der Waals surface area contributed by atoms with E-state index in [1.54, 1.807) is 22.9 Å². The number of nitrogens with one attached hydrogen (secondary N) is 1. The topological polar surface area (TPSA) is 113 Å². The molecule has 218 valence electrons. The van der Waals surface area contributed by atoms with E-state index >= 15 is 0 Å². The lowest BCUT2D eigenvalue weighted by molar-refractivity contribution is -0.132. The molecular formula is C30H38N6O4S. The lowest BCUT2D eigenvalue weighted by atomic mass is 9.87. The van der Waals surface area contributed by atoms with Crippen LogP contribution in [0.15, 0.2) is 30.7 Å². The molecule has 5 heterocycles. The lowest BCUT2D eigenvalue weighted by Gasteiger charge is -2.34. The summed E-state index contributed by atoms with van der Waals surface area (Å²) in [6, 6.07) is 6.78. The van der Waals surface area contributed by atoms with Gasteiger partial charge in [0.15, 0.2) is 21.2 Å². The van der Waals surface area contributed by atoms with E-state index in [2.05, 4.69) is 58.9 Å². The zero-order valence-corrected chi connectivity index (χ0v) is 25.0. The molecular weight excluding hydrogens is 540 g/mol. The summed E-state index contributed by atoms with van der Waals surface area (Å²) in [5.74, 6) is 1.64. The molecule has 0 radical (unpaired) electrons. The average Bonchev–Trinajstić information content (AvgIpc) is 3.57. The van der Waals surface area contributed by atoms with Crippen molar-refractivity contribution in [3.05, 3.63) is 47.4 Å². The van der Waals surface area contributed by atoms with Gasteiger partial charge in [0.1, 0.15) is 6.33 Å². The van der Waals surface area contributed by atoms with Gasteiger partial charge < -0.3 is 14.6 Å². The fourth-order valence-corrected chi connectivity index (χ4v) is 7.69. The lowest BCUT2D eigenvalue weighted by Crippen LogP contribution is -2.48. The smallest absolute Gasteiger partial charge is 0.236 e. The molecule has 1 N–H and O–H groups in total. The molecule has 0 aliphatic carbocycles. The number of nitrogens with zero attached hydrogens (tertiary/aromatic N) is 5. The van der Waals surface area contributed by atoms with Gasteiger partial charge in [0, 0.05) is 41.3 Å². The first kappa shape index (κ1) is 27.7. The largest absolute Gasteiger partial charge is 0.492 e. The quantitative estimate of drug-likeness (QED) is 0.371. The van der Waals surface area contributed by atoms with Crippen LogP contribution in [0.25, 0.3) is 27.8 Å². The molecule has 41 heavy (non-hydrogen) atoms. The first-order valence-corrected chi connectivity index (χ1v) is 16.2. The van der Waals surface area contributed by atoms with E-state index in [9.17, 15) is 13.2 Å². The van der Waals surface area contributed by atoms with E-state index in [4.69, 9.17) is 4.74 Å². The second-order valence-corrected chi connectivity index (χ2v) is 14.0. The van der Waals surface area contributed by atoms with Crippen LogP contribution in [-0.2, 0) is 14.6 Å². The number of likely N-dealkylation sites (tertiary alicyclic amines) is 1. The molecule has 4 aromatic rings. The maximum atomic E-state index is 12.8. The molecule has 0 spiro atoms. The molecule has 11 heteroatoms. The normalized spacial score (nSPS) is 18.5. The Balaban J connectivity index is 1.22. The van der Waals surface area contributed by atoms with E-state index in [-0.39, 0.29) is 17.4 Å². The van der Waals surface area contributed by atoms with Gasteiger partial charge in [-0.15, -0.1) is 0 Å². The number of fused-ring (bicyclic) bond motifs is 2. The van der Waals surface area contributed by atoms with Gasteiger partial charge in [0.25, 0.3) is 0 Å². The Morgan fingerprint density at radius 3 is 2.56 bits per heavy atom. The molecule has 0 bridgehead atoms. The van der Waals surface area contributed by atoms with E-state index < -0.39 is 9.84 Å². The molecule has 10 nitrogen and oxygen atoms in total. The minimum absolute atomic E-state index is 0.0391. The summed E-state index contributed by atoms with van der Waals surface area (Å²) < 4.78 is 30.9. The predicted octanol–water partition coefficient (Wildman–Crippen LogP) is 3.75. The second kappa shape index (κ2) is 10.8. The molecule has 0 saturated carbocycles. The summed E-state index contributed by atoms with van der Waals surface area (Å²) in [5, 5.41) is 5.61. The number of pyridine rings is 1. The minimum atomic E-state index is -2.99. The molecule has 1 amide bonds. The van der Waals surface area contributed by atoms with Crippen LogP contribution < -0.4 is 4.74 Å². The zero-order chi connectivity index (χ0) is 28.9. The Labute approximate surface area is 240 Å². The monoisotopic (exact) mass is 578 g/mol. The molecule has 0 atom stereocenters. The van der Waals surface area contributed by atoms with Crippen LogP contribution >= 0.6 is 0 Å². The summed E-state index contributed by atoms with van der Waals surface area (Å²) >= 11 is 0. The molecule has 3 aromatic heterocycles. The van der Waals surface area contributed by atoms with Crippen LogP contribution in [0.5, 0.6) is 5.75 Å². The molecule has 6 rings (SSSR count). The van der Waals surface area contributed by atoms with Crippen molar-refractivity contribution in [1.82, 2.24) is 29.4 Å². The van der Waals surface area contributed by atoms with Gasteiger partial charge >= 0.3 is 0 Å². The zero-order valence-electron chi connectivity index (χ0n) is 24.2. The number of ether oxygens (including phenoxy) is 1. The number of carbonyl (C=O) groups is 1. The fraction of sp³-hybridized carbons (Fsp3) is 0.500. The Morgan fingerprint density at radius 2 is 1.88 bits per heavy atom. The van der Waals surface area contributed by atoms with Gasteiger partial charge in [-0.1, -0.05) is 19.9 Å². The summed E-state index contributed by atoms with van der Waals surface area (Å²) in [6.07, 6.45) is 5.54. The molecule has 2 fully saturated rings. The maximum Gasteiger partial charge on any atom is 0.236 e. The molecule has 1 aromatic carbocycles. The Kier molecular flexibility index (Phi) is 7.27. The number of amides is 1. The number of sulfone groups is 1. The number of H-pyrrole nitrogens is 1. The average molecular weight is 579 g/mol. The number of carbonyl (C=O) groups excluding carboxylic acids is 1. The number of rotatable bonds is 6. The van der Waals surface area contributed by atoms with Gasteiger partial charge in [-0.2, -0.15) is 5.10 Å². The van der Waals surface area contributed by atoms with Crippen LogP contribution in [0.3, 0.4) is 0 Å². The van der Waals surface area contributed by atoms with Crippen molar-refractivity contribution in [2.75, 3.05) is 51.3 Å². The van der Waals surface area contributed by atoms with E-state index in [1.807, 2.05) is 6.20 Å². The van der Waals surface area contributed by atoms with E-state index in [0.717, 1.165) is 54.0 Å². The number of benzene rings is 1. The van der Waals surface area contributed by atoms with Crippen LogP contribution in [0.2, 0.25) is 0 Å². The van der Waals surface area contributed by atoms with Crippen LogP contribution in [0, 0.1) is 6.92 Å². The van der Waals surface area contributed by atoms with Crippen LogP contribution in [0.4, 0.5) is 0 Å². The Hall–Kier alpha value is -3.44. The van der Waals surface area contributed by atoms with Gasteiger partial charge in [-0.3, -0.25) is 9.69 Å². The van der Waals surface area contributed by atoms with E-state index in [1.165, 1.54) is 16.5 Å². The molecule has 2 aliphatic heterocycles. The van der Waals surface area contributed by atoms with Crippen molar-refractivity contribution in [3.63, 3.8) is 0 Å². The second-order valence-electron chi connectivity index (χ2n) is 11.7. The number of aromatic amines is 1. The summed E-state index contributed by atoms with van der Waals surface area (Å²) in [7, 11) is -1.32. The predicted molar refractivity (Wildman–Crippen MR) is 159 cm³/mol. The molecule has 2 saturated heterocycles. The highest BCUT2D eigenvalue weighted by Crippen LogP contribution is 2.41. The Bertz CT molecular complexity index is 1700. The number of methoxy groups -OCH3 is 1. The van der Waals surface area contributed by atoms with E-state index in [0.29, 0.717) is 37.1 Å². The first-order chi connectivity index (χ1) is 19.6. The third kappa shape index (κ3) is 5.21. The summed E-state index contributed by atoms with van der Waals surface area (Å²) in [5.41, 5.74) is 7.57. The first-order valence-electron chi connectivity index (χ1n) is 14.4. The van der Waals surface area contributed by atoms with Crippen LogP contribution in [-0.4, -0.2) is 95.0 Å². The maximum absolute atomic E-state index is 12.8. The van der Waals surface area contributed by atoms with Gasteiger partial charge in [-0.25, -0.2) is 17.9 Å². The van der Waals surface area contributed by atoms with Crippen LogP contribution in [0.1, 0.15) is 55.2 Å². The third-order valence-electron chi connectivity index (χ3n) is 8.80. The SMILES string of the molecule is COc1c(C)c(-c2[nH]c3ccc(C4CCN(CC(=O)N5CCS(=O)(=O)CC5)CC4)cc3c2C(C)C)cn2ncnc12. The molecule has 0 unspecified atom stereocenters. The van der Waals surface area contributed by atoms with Gasteiger partial charge in [0.05, 0.1) is 30.9 Å². The highest BCUT2D eigenvalue weighted by molar-refractivity contribution is 7.91. The summed E-state index contributed by atoms with van der Waals surface area (Å²) in [4.78, 5) is 24.8. The summed E-state index contributed by atoms with van der Waals surface area (Å²) in [6.45, 7) is 9.22. The van der Waals surface area contributed by atoms with Crippen molar-refractivity contribution in [3.8, 4) is 17.0 Å². The van der Waals surface area contributed by atoms with Gasteiger partial charge in [-0.05, 0) is 68.0 Å². The van der Waals surface area contributed by atoms with Crippen molar-refractivity contribution < 1.29 is 17.9 Å². The highest BCUT2D eigenvalue weighted by Gasteiger charge is 2.28. The van der Waals surface area contributed by atoms with Crippen molar-refractivity contribution >= 4 is 32.3 Å². The Morgan fingerprint density at radius 1 is 1.15 bits per heavy atom. The number of aromatic nitrogens is 4. The minimum Gasteiger partial charge on any atom is -0.492 e. The third-order valence-corrected chi connectivity index (χ3v) is 10.4. The fourth-order valence-electron chi connectivity index (χ4n) is 6.49. The van der Waals surface area contributed by atoms with Crippen molar-refractivity contribution in [2.24, 2.45) is 0 Å². The van der Waals surface area contributed by atoms with Crippen molar-refractivity contribution in [1.29, 1.82) is 0 Å². The highest BCUT2D eigenvalue weighted by atomic mass is 32.2. The number of piperidine rings is 1. The number of hydrogen-bond acceptors (Lipinski definition) is 7. The standard InChI is InChI=1S/C30H38N6O4S/c1-19(2)27-23-15-22(21-7-9-34(10-8-21)17-26(37)35-11-13-41(38,39)14-12-35)5-6-25(23)33-28(27)24-16-36-30(31-18-32-36)29(40-4)20(24)3/h5-6,15-16,18-19,21,33H,7-14,17H2,1-4H3. The number of hydrogen-bond donors (Lipinski definition) is 1. The van der Waals surface area contributed by atoms with Crippen molar-refractivity contribution in [2.45, 2.75) is 45.4 Å². The van der Waals surface area contributed by atoms with Gasteiger partial charge in [0.2, 0.25) is 5.91 Å².